The Balaban J connectivity index is 1.94. The summed E-state index contributed by atoms with van der Waals surface area (Å²) in [5.41, 5.74) is 3.69. The molecule has 0 unspecified atom stereocenters. The number of benzene rings is 1. The van der Waals surface area contributed by atoms with Crippen LogP contribution in [0.5, 0.6) is 0 Å². The summed E-state index contributed by atoms with van der Waals surface area (Å²) >= 11 is 0. The van der Waals surface area contributed by atoms with E-state index in [1.165, 1.54) is 43.3 Å². The van der Waals surface area contributed by atoms with Crippen molar-refractivity contribution >= 4 is 10.9 Å². The smallest absolute Gasteiger partial charge is 0.0708 e. The molecule has 0 radical (unpaired) electrons. The van der Waals surface area contributed by atoms with Crippen LogP contribution in [-0.4, -0.2) is 23.0 Å². The SMILES string of the molecule is Cc1cc(CN2CCCCC2)c2ccccc2n1. The third kappa shape index (κ3) is 2.39. The highest BCUT2D eigenvalue weighted by Crippen LogP contribution is 2.21. The van der Waals surface area contributed by atoms with Crippen LogP contribution in [0.25, 0.3) is 10.9 Å². The fraction of sp³-hybridized carbons (Fsp3) is 0.438. The third-order valence-electron chi connectivity index (χ3n) is 3.77. The van der Waals surface area contributed by atoms with Crippen molar-refractivity contribution in [3.8, 4) is 0 Å². The lowest BCUT2D eigenvalue weighted by molar-refractivity contribution is 0.221. The molecule has 1 aromatic heterocycles. The number of pyridine rings is 1. The average molecular weight is 240 g/mol. The largest absolute Gasteiger partial charge is 0.299 e. The van der Waals surface area contributed by atoms with Gasteiger partial charge in [-0.1, -0.05) is 24.6 Å². The molecule has 0 N–H and O–H groups in total. The van der Waals surface area contributed by atoms with Gasteiger partial charge in [0, 0.05) is 17.6 Å². The van der Waals surface area contributed by atoms with Gasteiger partial charge in [0.25, 0.3) is 0 Å². The fourth-order valence-electron chi connectivity index (χ4n) is 2.88. The van der Waals surface area contributed by atoms with Gasteiger partial charge in [-0.2, -0.15) is 0 Å². The molecule has 18 heavy (non-hydrogen) atoms. The van der Waals surface area contributed by atoms with Crippen molar-refractivity contribution in [1.29, 1.82) is 0 Å². The Hall–Kier alpha value is -1.41. The molecule has 2 nitrogen and oxygen atoms in total. The Labute approximate surface area is 109 Å². The monoisotopic (exact) mass is 240 g/mol. The Morgan fingerprint density at radius 1 is 1.11 bits per heavy atom. The molecule has 2 heterocycles. The predicted molar refractivity (Wildman–Crippen MR) is 75.6 cm³/mol. The number of aryl methyl sites for hydroxylation is 1. The second kappa shape index (κ2) is 5.07. The van der Waals surface area contributed by atoms with E-state index in [0.29, 0.717) is 0 Å². The molecule has 0 spiro atoms. The normalized spacial score (nSPS) is 17.2. The highest BCUT2D eigenvalue weighted by molar-refractivity contribution is 5.82. The number of aromatic nitrogens is 1. The van der Waals surface area contributed by atoms with Crippen LogP contribution in [0, 0.1) is 6.92 Å². The van der Waals surface area contributed by atoms with Crippen LogP contribution in [0.1, 0.15) is 30.5 Å². The first kappa shape index (κ1) is 11.7. The summed E-state index contributed by atoms with van der Waals surface area (Å²) in [6.45, 7) is 5.65. The third-order valence-corrected chi connectivity index (χ3v) is 3.77. The first-order chi connectivity index (χ1) is 8.83. The molecule has 94 valence electrons. The van der Waals surface area contributed by atoms with Crippen LogP contribution in [0.2, 0.25) is 0 Å². The molecule has 1 aliphatic heterocycles. The zero-order chi connectivity index (χ0) is 12.4. The highest BCUT2D eigenvalue weighted by atomic mass is 15.1. The molecule has 0 saturated carbocycles. The fourth-order valence-corrected chi connectivity index (χ4v) is 2.88. The molecule has 1 aliphatic rings. The minimum Gasteiger partial charge on any atom is -0.299 e. The van der Waals surface area contributed by atoms with Gasteiger partial charge in [0.15, 0.2) is 0 Å². The summed E-state index contributed by atoms with van der Waals surface area (Å²) in [4.78, 5) is 7.18. The second-order valence-electron chi connectivity index (χ2n) is 5.28. The van der Waals surface area contributed by atoms with Crippen molar-refractivity contribution < 1.29 is 0 Å². The predicted octanol–water partition coefficient (Wildman–Crippen LogP) is 3.53. The van der Waals surface area contributed by atoms with Crippen LogP contribution >= 0.6 is 0 Å². The molecule has 1 saturated heterocycles. The lowest BCUT2D eigenvalue weighted by atomic mass is 10.1. The quantitative estimate of drug-likeness (QED) is 0.798. The van der Waals surface area contributed by atoms with Crippen molar-refractivity contribution in [2.45, 2.75) is 32.7 Å². The molecule has 3 rings (SSSR count). The molecular formula is C16H20N2. The molecule has 0 atom stereocenters. The minimum absolute atomic E-state index is 1.07. The molecular weight excluding hydrogens is 220 g/mol. The number of piperidine rings is 1. The Kier molecular flexibility index (Phi) is 3.28. The van der Waals surface area contributed by atoms with Gasteiger partial charge in [0.1, 0.15) is 0 Å². The molecule has 0 amide bonds. The molecule has 1 aromatic carbocycles. The molecule has 2 aromatic rings. The first-order valence-corrected chi connectivity index (χ1v) is 6.90. The summed E-state index contributed by atoms with van der Waals surface area (Å²) in [7, 11) is 0. The summed E-state index contributed by atoms with van der Waals surface area (Å²) in [6.07, 6.45) is 4.09. The summed E-state index contributed by atoms with van der Waals surface area (Å²) < 4.78 is 0. The van der Waals surface area contributed by atoms with E-state index in [-0.39, 0.29) is 0 Å². The minimum atomic E-state index is 1.07. The number of nitrogens with zero attached hydrogens (tertiary/aromatic N) is 2. The van der Waals surface area contributed by atoms with E-state index in [4.69, 9.17) is 0 Å². The first-order valence-electron chi connectivity index (χ1n) is 6.90. The number of hydrogen-bond acceptors (Lipinski definition) is 2. The topological polar surface area (TPSA) is 16.1 Å². The number of likely N-dealkylation sites (tertiary alicyclic amines) is 1. The number of rotatable bonds is 2. The van der Waals surface area contributed by atoms with E-state index < -0.39 is 0 Å². The van der Waals surface area contributed by atoms with Gasteiger partial charge in [-0.15, -0.1) is 0 Å². The zero-order valence-corrected chi connectivity index (χ0v) is 11.0. The summed E-state index contributed by atoms with van der Waals surface area (Å²) in [5, 5.41) is 1.31. The van der Waals surface area contributed by atoms with E-state index in [1.54, 1.807) is 0 Å². The average Bonchev–Trinajstić information content (AvgIpc) is 2.40. The lowest BCUT2D eigenvalue weighted by Crippen LogP contribution is -2.29. The van der Waals surface area contributed by atoms with Crippen molar-refractivity contribution in [2.75, 3.05) is 13.1 Å². The molecule has 2 heteroatoms. The van der Waals surface area contributed by atoms with Crippen LogP contribution in [-0.2, 0) is 6.54 Å². The van der Waals surface area contributed by atoms with Gasteiger partial charge >= 0.3 is 0 Å². The van der Waals surface area contributed by atoms with E-state index in [9.17, 15) is 0 Å². The van der Waals surface area contributed by atoms with Crippen molar-refractivity contribution in [3.63, 3.8) is 0 Å². The number of fused-ring (bicyclic) bond motifs is 1. The Bertz CT molecular complexity index is 542. The maximum atomic E-state index is 4.61. The second-order valence-corrected chi connectivity index (χ2v) is 5.28. The Morgan fingerprint density at radius 3 is 2.72 bits per heavy atom. The molecule has 0 bridgehead atoms. The van der Waals surface area contributed by atoms with E-state index >= 15 is 0 Å². The highest BCUT2D eigenvalue weighted by Gasteiger charge is 2.12. The molecule has 1 fully saturated rings. The van der Waals surface area contributed by atoms with Crippen LogP contribution < -0.4 is 0 Å². The molecule has 0 aliphatic carbocycles. The van der Waals surface area contributed by atoms with Crippen molar-refractivity contribution in [2.24, 2.45) is 0 Å². The van der Waals surface area contributed by atoms with Crippen LogP contribution in [0.3, 0.4) is 0 Å². The van der Waals surface area contributed by atoms with Crippen molar-refractivity contribution in [1.82, 2.24) is 9.88 Å². The van der Waals surface area contributed by atoms with E-state index in [1.807, 2.05) is 0 Å². The maximum Gasteiger partial charge on any atom is 0.0708 e. The summed E-state index contributed by atoms with van der Waals surface area (Å²) in [6, 6.07) is 10.7. The van der Waals surface area contributed by atoms with Gasteiger partial charge in [-0.25, -0.2) is 0 Å². The Morgan fingerprint density at radius 2 is 1.89 bits per heavy atom. The van der Waals surface area contributed by atoms with Gasteiger partial charge < -0.3 is 0 Å². The van der Waals surface area contributed by atoms with Crippen LogP contribution in [0.4, 0.5) is 0 Å². The standard InChI is InChI=1S/C16H20N2/c1-13-11-14(12-18-9-5-2-6-10-18)15-7-3-4-8-16(15)17-13/h3-4,7-8,11H,2,5-6,9-10,12H2,1H3. The zero-order valence-electron chi connectivity index (χ0n) is 11.0. The van der Waals surface area contributed by atoms with Crippen LogP contribution in [0.15, 0.2) is 30.3 Å². The number of hydrogen-bond donors (Lipinski definition) is 0. The van der Waals surface area contributed by atoms with Gasteiger partial charge in [-0.05, 0) is 50.6 Å². The van der Waals surface area contributed by atoms with E-state index in [0.717, 1.165) is 17.8 Å². The van der Waals surface area contributed by atoms with Gasteiger partial charge in [0.05, 0.1) is 5.52 Å². The van der Waals surface area contributed by atoms with Crippen molar-refractivity contribution in [3.05, 3.63) is 41.6 Å². The summed E-state index contributed by atoms with van der Waals surface area (Å²) in [5.74, 6) is 0. The van der Waals surface area contributed by atoms with Gasteiger partial charge in [-0.3, -0.25) is 9.88 Å². The van der Waals surface area contributed by atoms with E-state index in [2.05, 4.69) is 47.1 Å². The number of para-hydroxylation sites is 1. The van der Waals surface area contributed by atoms with Gasteiger partial charge in [0.2, 0.25) is 0 Å². The lowest BCUT2D eigenvalue weighted by Gasteiger charge is -2.27. The maximum absolute atomic E-state index is 4.61.